The number of carbonyl (C=O) groups excluding carboxylic acids is 1. The Kier molecular flexibility index (Phi) is 3.67. The minimum absolute atomic E-state index is 0.00605. The number of rotatable bonds is 3. The van der Waals surface area contributed by atoms with Crippen molar-refractivity contribution in [2.75, 3.05) is 5.32 Å². The molecule has 0 bridgehead atoms. The lowest BCUT2D eigenvalue weighted by molar-refractivity contribution is -0.115. The van der Waals surface area contributed by atoms with E-state index in [-0.39, 0.29) is 12.3 Å². The Morgan fingerprint density at radius 3 is 2.39 bits per heavy atom. The molecule has 0 aliphatic heterocycles. The van der Waals surface area contributed by atoms with Crippen molar-refractivity contribution in [2.45, 2.75) is 6.42 Å². The zero-order valence-electron chi connectivity index (χ0n) is 9.49. The molecule has 2 nitrogen and oxygen atoms in total. The molecule has 2 aromatic carbocycles. The van der Waals surface area contributed by atoms with E-state index in [4.69, 9.17) is 0 Å². The fourth-order valence-electron chi connectivity index (χ4n) is 1.56. The SMILES string of the molecule is O=C(Cc1ccc(F)c(F)c1)Nc1ccccc1. The van der Waals surface area contributed by atoms with E-state index < -0.39 is 11.6 Å². The van der Waals surface area contributed by atoms with Gasteiger partial charge in [-0.25, -0.2) is 8.78 Å². The molecule has 2 rings (SSSR count). The van der Waals surface area contributed by atoms with Gasteiger partial charge in [-0.05, 0) is 29.8 Å². The number of halogens is 2. The largest absolute Gasteiger partial charge is 0.326 e. The summed E-state index contributed by atoms with van der Waals surface area (Å²) in [6, 6.07) is 12.4. The van der Waals surface area contributed by atoms with Crippen LogP contribution in [-0.2, 0) is 11.2 Å². The van der Waals surface area contributed by atoms with Gasteiger partial charge < -0.3 is 5.32 Å². The van der Waals surface area contributed by atoms with Crippen LogP contribution in [0.25, 0.3) is 0 Å². The first-order valence-corrected chi connectivity index (χ1v) is 5.44. The first-order chi connectivity index (χ1) is 8.65. The minimum Gasteiger partial charge on any atom is -0.326 e. The molecule has 0 aromatic heterocycles. The number of anilines is 1. The molecule has 0 atom stereocenters. The first kappa shape index (κ1) is 12.2. The maximum Gasteiger partial charge on any atom is 0.228 e. The summed E-state index contributed by atoms with van der Waals surface area (Å²) < 4.78 is 25.7. The Balaban J connectivity index is 2.01. The minimum atomic E-state index is -0.944. The molecule has 0 aliphatic carbocycles. The van der Waals surface area contributed by atoms with Gasteiger partial charge in [0.25, 0.3) is 0 Å². The molecule has 0 saturated carbocycles. The van der Waals surface area contributed by atoms with E-state index in [1.807, 2.05) is 6.07 Å². The summed E-state index contributed by atoms with van der Waals surface area (Å²) in [6.45, 7) is 0. The lowest BCUT2D eigenvalue weighted by atomic mass is 10.1. The second-order valence-corrected chi connectivity index (χ2v) is 3.84. The summed E-state index contributed by atoms with van der Waals surface area (Å²) in [7, 11) is 0. The molecule has 2 aromatic rings. The second-order valence-electron chi connectivity index (χ2n) is 3.84. The van der Waals surface area contributed by atoms with Gasteiger partial charge in [0.05, 0.1) is 6.42 Å². The van der Waals surface area contributed by atoms with Crippen LogP contribution in [0.2, 0.25) is 0 Å². The number of amides is 1. The summed E-state index contributed by atoms with van der Waals surface area (Å²) in [5.41, 5.74) is 1.10. The van der Waals surface area contributed by atoms with Crippen molar-refractivity contribution in [2.24, 2.45) is 0 Å². The Labute approximate surface area is 103 Å². The van der Waals surface area contributed by atoms with Gasteiger partial charge >= 0.3 is 0 Å². The summed E-state index contributed by atoms with van der Waals surface area (Å²) >= 11 is 0. The zero-order chi connectivity index (χ0) is 13.0. The topological polar surface area (TPSA) is 29.1 Å². The van der Waals surface area contributed by atoms with E-state index >= 15 is 0 Å². The summed E-state index contributed by atoms with van der Waals surface area (Å²) in [5, 5.41) is 2.67. The fraction of sp³-hybridized carbons (Fsp3) is 0.0714. The van der Waals surface area contributed by atoms with E-state index in [1.54, 1.807) is 24.3 Å². The van der Waals surface area contributed by atoms with Crippen LogP contribution in [0.5, 0.6) is 0 Å². The van der Waals surface area contributed by atoms with Crippen molar-refractivity contribution in [3.63, 3.8) is 0 Å². The highest BCUT2D eigenvalue weighted by atomic mass is 19.2. The zero-order valence-corrected chi connectivity index (χ0v) is 9.49. The van der Waals surface area contributed by atoms with Crippen LogP contribution in [-0.4, -0.2) is 5.91 Å². The standard InChI is InChI=1S/C14H11F2NO/c15-12-7-6-10(8-13(12)16)9-14(18)17-11-4-2-1-3-5-11/h1-8H,9H2,(H,17,18). The molecular formula is C14H11F2NO. The predicted molar refractivity (Wildman–Crippen MR) is 65.1 cm³/mol. The molecule has 0 heterocycles. The maximum absolute atomic E-state index is 12.9. The van der Waals surface area contributed by atoms with Crippen molar-refractivity contribution < 1.29 is 13.6 Å². The van der Waals surface area contributed by atoms with E-state index in [0.717, 1.165) is 12.1 Å². The molecule has 4 heteroatoms. The van der Waals surface area contributed by atoms with Crippen LogP contribution in [0.3, 0.4) is 0 Å². The molecule has 1 amide bonds. The van der Waals surface area contributed by atoms with E-state index in [9.17, 15) is 13.6 Å². The van der Waals surface area contributed by atoms with Gasteiger partial charge in [-0.1, -0.05) is 24.3 Å². The Bertz CT molecular complexity index is 555. The highest BCUT2D eigenvalue weighted by molar-refractivity contribution is 5.92. The summed E-state index contributed by atoms with van der Waals surface area (Å²) in [5.74, 6) is -2.13. The second kappa shape index (κ2) is 5.40. The lowest BCUT2D eigenvalue weighted by Crippen LogP contribution is -2.14. The van der Waals surface area contributed by atoms with Gasteiger partial charge in [0.15, 0.2) is 11.6 Å². The number of benzene rings is 2. The van der Waals surface area contributed by atoms with Crippen molar-refractivity contribution in [3.8, 4) is 0 Å². The van der Waals surface area contributed by atoms with E-state index in [0.29, 0.717) is 11.3 Å². The highest BCUT2D eigenvalue weighted by Crippen LogP contribution is 2.11. The number of hydrogen-bond donors (Lipinski definition) is 1. The number of hydrogen-bond acceptors (Lipinski definition) is 1. The number of para-hydroxylation sites is 1. The molecule has 0 fully saturated rings. The van der Waals surface area contributed by atoms with Crippen molar-refractivity contribution in [3.05, 3.63) is 65.7 Å². The average molecular weight is 247 g/mol. The molecule has 0 saturated heterocycles. The predicted octanol–water partition coefficient (Wildman–Crippen LogP) is 3.15. The smallest absolute Gasteiger partial charge is 0.228 e. The lowest BCUT2D eigenvalue weighted by Gasteiger charge is -2.05. The van der Waals surface area contributed by atoms with Crippen LogP contribution in [0.1, 0.15) is 5.56 Å². The number of carbonyl (C=O) groups is 1. The fourth-order valence-corrected chi connectivity index (χ4v) is 1.56. The monoisotopic (exact) mass is 247 g/mol. The van der Waals surface area contributed by atoms with Crippen molar-refractivity contribution in [1.29, 1.82) is 0 Å². The normalized spacial score (nSPS) is 10.1. The Hall–Kier alpha value is -2.23. The van der Waals surface area contributed by atoms with Gasteiger partial charge in [-0.15, -0.1) is 0 Å². The number of nitrogens with one attached hydrogen (secondary N) is 1. The van der Waals surface area contributed by atoms with Crippen LogP contribution in [0.15, 0.2) is 48.5 Å². The van der Waals surface area contributed by atoms with Crippen LogP contribution in [0.4, 0.5) is 14.5 Å². The van der Waals surface area contributed by atoms with Crippen LogP contribution >= 0.6 is 0 Å². The molecule has 0 radical (unpaired) electrons. The highest BCUT2D eigenvalue weighted by Gasteiger charge is 2.07. The Morgan fingerprint density at radius 1 is 1.00 bits per heavy atom. The van der Waals surface area contributed by atoms with E-state index in [1.165, 1.54) is 6.07 Å². The molecule has 1 N–H and O–H groups in total. The third kappa shape index (κ3) is 3.13. The van der Waals surface area contributed by atoms with Gasteiger partial charge in [-0.2, -0.15) is 0 Å². The molecule has 0 aliphatic rings. The van der Waals surface area contributed by atoms with E-state index in [2.05, 4.69) is 5.32 Å². The van der Waals surface area contributed by atoms with Gasteiger partial charge in [-0.3, -0.25) is 4.79 Å². The Morgan fingerprint density at radius 2 is 1.72 bits per heavy atom. The molecule has 18 heavy (non-hydrogen) atoms. The molecule has 0 spiro atoms. The van der Waals surface area contributed by atoms with Gasteiger partial charge in [0.1, 0.15) is 0 Å². The maximum atomic E-state index is 12.9. The first-order valence-electron chi connectivity index (χ1n) is 5.44. The third-order valence-electron chi connectivity index (χ3n) is 2.41. The van der Waals surface area contributed by atoms with Crippen molar-refractivity contribution >= 4 is 11.6 Å². The summed E-state index contributed by atoms with van der Waals surface area (Å²) in [6.07, 6.45) is 0.00605. The van der Waals surface area contributed by atoms with Crippen molar-refractivity contribution in [1.82, 2.24) is 0 Å². The quantitative estimate of drug-likeness (QED) is 0.886. The van der Waals surface area contributed by atoms with Crippen LogP contribution in [0, 0.1) is 11.6 Å². The summed E-state index contributed by atoms with van der Waals surface area (Å²) in [4.78, 5) is 11.7. The van der Waals surface area contributed by atoms with Crippen LogP contribution < -0.4 is 5.32 Å². The van der Waals surface area contributed by atoms with Gasteiger partial charge in [0, 0.05) is 5.69 Å². The molecular weight excluding hydrogens is 236 g/mol. The molecule has 0 unspecified atom stereocenters. The molecule has 92 valence electrons. The van der Waals surface area contributed by atoms with Gasteiger partial charge in [0.2, 0.25) is 5.91 Å². The average Bonchev–Trinajstić information content (AvgIpc) is 2.35. The third-order valence-corrected chi connectivity index (χ3v) is 2.41.